The van der Waals surface area contributed by atoms with E-state index in [0.717, 1.165) is 22.4 Å². The lowest BCUT2D eigenvalue weighted by molar-refractivity contribution is -0.116. The third kappa shape index (κ3) is 4.42. The van der Waals surface area contributed by atoms with Gasteiger partial charge in [-0.25, -0.2) is 4.39 Å². The molecular weight excluding hydrogens is 445 g/mol. The van der Waals surface area contributed by atoms with Crippen molar-refractivity contribution in [2.24, 2.45) is 0 Å². The van der Waals surface area contributed by atoms with E-state index in [0.29, 0.717) is 28.9 Å². The number of aromatic nitrogens is 4. The summed E-state index contributed by atoms with van der Waals surface area (Å²) in [4.78, 5) is 25.9. The lowest BCUT2D eigenvalue weighted by atomic mass is 10.1. The number of carbonyl (C=O) groups is 1. The molecule has 0 radical (unpaired) electrons. The molecule has 1 amide bonds. The Hall–Kier alpha value is -4.33. The number of nitrogens with zero attached hydrogens (tertiary/aromatic N) is 4. The van der Waals surface area contributed by atoms with Gasteiger partial charge in [0.1, 0.15) is 11.6 Å². The van der Waals surface area contributed by atoms with Gasteiger partial charge >= 0.3 is 0 Å². The molecule has 0 spiro atoms. The van der Waals surface area contributed by atoms with E-state index < -0.39 is 0 Å². The standard InChI is InChI=1S/C27H24FN5O2/c1-17-7-12-21(15-18(17)2)29-25(34)14-13-24-30-31-27-32(16-19-8-10-20(28)11-9-19)26(35)22-5-3-4-6-23(22)33(24)27/h3-12,15H,13-14,16H2,1-2H3,(H,29,34). The summed E-state index contributed by atoms with van der Waals surface area (Å²) in [6.45, 7) is 4.25. The van der Waals surface area contributed by atoms with Crippen molar-refractivity contribution in [1.82, 2.24) is 19.2 Å². The van der Waals surface area contributed by atoms with E-state index in [1.54, 1.807) is 24.3 Å². The molecule has 0 atom stereocenters. The summed E-state index contributed by atoms with van der Waals surface area (Å²) in [6.07, 6.45) is 0.551. The van der Waals surface area contributed by atoms with Crippen molar-refractivity contribution in [3.8, 4) is 0 Å². The topological polar surface area (TPSA) is 81.3 Å². The molecule has 3 aromatic carbocycles. The summed E-state index contributed by atoms with van der Waals surface area (Å²) in [6, 6.07) is 19.1. The first kappa shape index (κ1) is 22.5. The summed E-state index contributed by atoms with van der Waals surface area (Å²) < 4.78 is 16.7. The fourth-order valence-corrected chi connectivity index (χ4v) is 4.16. The number of aryl methyl sites for hydroxylation is 3. The number of benzene rings is 3. The Morgan fingerprint density at radius 2 is 1.74 bits per heavy atom. The van der Waals surface area contributed by atoms with Crippen molar-refractivity contribution in [2.45, 2.75) is 33.2 Å². The van der Waals surface area contributed by atoms with E-state index in [-0.39, 0.29) is 30.2 Å². The minimum atomic E-state index is -0.339. The SMILES string of the molecule is Cc1ccc(NC(=O)CCc2nnc3n(Cc4ccc(F)cc4)c(=O)c4ccccc4n23)cc1C. The summed E-state index contributed by atoms with van der Waals surface area (Å²) in [5, 5.41) is 12.1. The van der Waals surface area contributed by atoms with Crippen molar-refractivity contribution in [2.75, 3.05) is 5.32 Å². The molecule has 0 bridgehead atoms. The second kappa shape index (κ2) is 9.13. The molecule has 5 rings (SSSR count). The maximum absolute atomic E-state index is 13.4. The Morgan fingerprint density at radius 1 is 0.971 bits per heavy atom. The monoisotopic (exact) mass is 469 g/mol. The van der Waals surface area contributed by atoms with Crippen LogP contribution in [0.4, 0.5) is 10.1 Å². The van der Waals surface area contributed by atoms with Gasteiger partial charge in [0, 0.05) is 18.5 Å². The van der Waals surface area contributed by atoms with Gasteiger partial charge in [-0.05, 0) is 66.9 Å². The van der Waals surface area contributed by atoms with E-state index in [1.165, 1.54) is 16.7 Å². The molecule has 0 aliphatic carbocycles. The zero-order valence-corrected chi connectivity index (χ0v) is 19.5. The first-order chi connectivity index (χ1) is 16.9. The number of rotatable bonds is 6. The highest BCUT2D eigenvalue weighted by molar-refractivity contribution is 5.91. The molecule has 2 aromatic heterocycles. The summed E-state index contributed by atoms with van der Waals surface area (Å²) in [5.74, 6) is 0.490. The van der Waals surface area contributed by atoms with Crippen LogP contribution in [0.2, 0.25) is 0 Å². The molecule has 176 valence electrons. The Balaban J connectivity index is 1.48. The Morgan fingerprint density at radius 3 is 2.51 bits per heavy atom. The number of nitrogens with one attached hydrogen (secondary N) is 1. The van der Waals surface area contributed by atoms with Crippen molar-refractivity contribution in [3.05, 3.63) is 105 Å². The number of fused-ring (bicyclic) bond motifs is 3. The normalized spacial score (nSPS) is 11.3. The molecule has 7 nitrogen and oxygen atoms in total. The van der Waals surface area contributed by atoms with Crippen molar-refractivity contribution < 1.29 is 9.18 Å². The van der Waals surface area contributed by atoms with Crippen LogP contribution in [0.15, 0.2) is 71.5 Å². The largest absolute Gasteiger partial charge is 0.326 e. The molecule has 0 saturated carbocycles. The van der Waals surface area contributed by atoms with Crippen LogP contribution in [0.1, 0.15) is 28.9 Å². The average molecular weight is 470 g/mol. The van der Waals surface area contributed by atoms with Gasteiger partial charge in [-0.2, -0.15) is 0 Å². The fraction of sp³-hybridized carbons (Fsp3) is 0.185. The zero-order chi connectivity index (χ0) is 24.5. The van der Waals surface area contributed by atoms with Crippen molar-refractivity contribution >= 4 is 28.3 Å². The molecule has 0 saturated heterocycles. The van der Waals surface area contributed by atoms with E-state index in [4.69, 9.17) is 0 Å². The van der Waals surface area contributed by atoms with Gasteiger partial charge in [-0.15, -0.1) is 10.2 Å². The predicted molar refractivity (Wildman–Crippen MR) is 133 cm³/mol. The van der Waals surface area contributed by atoms with Crippen LogP contribution < -0.4 is 10.9 Å². The van der Waals surface area contributed by atoms with Crippen LogP contribution in [0.25, 0.3) is 16.7 Å². The van der Waals surface area contributed by atoms with Gasteiger partial charge in [0.15, 0.2) is 0 Å². The third-order valence-electron chi connectivity index (χ3n) is 6.20. The molecule has 5 aromatic rings. The molecular formula is C27H24FN5O2. The summed E-state index contributed by atoms with van der Waals surface area (Å²) in [5.41, 5.74) is 4.26. The number of hydrogen-bond acceptors (Lipinski definition) is 4. The van der Waals surface area contributed by atoms with E-state index in [1.807, 2.05) is 48.6 Å². The van der Waals surface area contributed by atoms with Crippen LogP contribution >= 0.6 is 0 Å². The second-order valence-corrected chi connectivity index (χ2v) is 8.63. The number of hydrogen-bond donors (Lipinski definition) is 1. The number of amides is 1. The fourth-order valence-electron chi connectivity index (χ4n) is 4.16. The summed E-state index contributed by atoms with van der Waals surface area (Å²) in [7, 11) is 0. The Bertz CT molecular complexity index is 1620. The molecule has 0 aliphatic heterocycles. The Labute approximate surface area is 200 Å². The van der Waals surface area contributed by atoms with Crippen LogP contribution in [-0.2, 0) is 17.8 Å². The van der Waals surface area contributed by atoms with E-state index in [2.05, 4.69) is 15.5 Å². The quantitative estimate of drug-likeness (QED) is 0.399. The second-order valence-electron chi connectivity index (χ2n) is 8.63. The van der Waals surface area contributed by atoms with Crippen LogP contribution in [0.3, 0.4) is 0 Å². The number of anilines is 1. The average Bonchev–Trinajstić information content (AvgIpc) is 3.28. The molecule has 1 N–H and O–H groups in total. The minimum Gasteiger partial charge on any atom is -0.326 e. The van der Waals surface area contributed by atoms with Gasteiger partial charge in [-0.3, -0.25) is 18.6 Å². The molecule has 0 unspecified atom stereocenters. The van der Waals surface area contributed by atoms with Gasteiger partial charge < -0.3 is 5.32 Å². The third-order valence-corrected chi connectivity index (χ3v) is 6.20. The highest BCUT2D eigenvalue weighted by Crippen LogP contribution is 2.18. The van der Waals surface area contributed by atoms with Crippen molar-refractivity contribution in [1.29, 1.82) is 0 Å². The highest BCUT2D eigenvalue weighted by atomic mass is 19.1. The molecule has 35 heavy (non-hydrogen) atoms. The maximum atomic E-state index is 13.4. The molecule has 0 aliphatic rings. The molecule has 2 heterocycles. The lowest BCUT2D eigenvalue weighted by Crippen LogP contribution is -2.24. The molecule has 8 heteroatoms. The molecule has 0 fully saturated rings. The highest BCUT2D eigenvalue weighted by Gasteiger charge is 2.17. The van der Waals surface area contributed by atoms with Gasteiger partial charge in [0.05, 0.1) is 17.4 Å². The Kier molecular flexibility index (Phi) is 5.86. The van der Waals surface area contributed by atoms with Gasteiger partial charge in [-0.1, -0.05) is 30.3 Å². The number of carbonyl (C=O) groups excluding carboxylic acids is 1. The van der Waals surface area contributed by atoms with Crippen LogP contribution in [0, 0.1) is 19.7 Å². The predicted octanol–water partition coefficient (Wildman–Crippen LogP) is 4.42. The van der Waals surface area contributed by atoms with Crippen LogP contribution in [-0.4, -0.2) is 25.1 Å². The maximum Gasteiger partial charge on any atom is 0.263 e. The van der Waals surface area contributed by atoms with E-state index >= 15 is 0 Å². The first-order valence-electron chi connectivity index (χ1n) is 11.4. The minimum absolute atomic E-state index is 0.131. The summed E-state index contributed by atoms with van der Waals surface area (Å²) >= 11 is 0. The van der Waals surface area contributed by atoms with Crippen LogP contribution in [0.5, 0.6) is 0 Å². The van der Waals surface area contributed by atoms with Gasteiger partial charge in [0.25, 0.3) is 5.56 Å². The number of halogens is 1. The smallest absolute Gasteiger partial charge is 0.263 e. The number of para-hydroxylation sites is 1. The van der Waals surface area contributed by atoms with Crippen molar-refractivity contribution in [3.63, 3.8) is 0 Å². The van der Waals surface area contributed by atoms with Gasteiger partial charge in [0.2, 0.25) is 11.7 Å². The first-order valence-corrected chi connectivity index (χ1v) is 11.4. The van der Waals surface area contributed by atoms with E-state index in [9.17, 15) is 14.0 Å². The lowest BCUT2D eigenvalue weighted by Gasteiger charge is -2.12. The zero-order valence-electron chi connectivity index (χ0n) is 19.5.